The quantitative estimate of drug-likeness (QED) is 0.792. The normalized spacial score (nSPS) is 13.1. The maximum Gasteiger partial charge on any atom is 0.324 e. The van der Waals surface area contributed by atoms with Crippen molar-refractivity contribution in [3.63, 3.8) is 0 Å². The second-order valence-corrected chi connectivity index (χ2v) is 5.96. The number of nitrogens with zero attached hydrogens (tertiary/aromatic N) is 1. The maximum atomic E-state index is 12.2. The third-order valence-corrected chi connectivity index (χ3v) is 4.20. The molecule has 0 aliphatic rings. The van der Waals surface area contributed by atoms with E-state index in [9.17, 15) is 14.9 Å². The highest BCUT2D eigenvalue weighted by atomic mass is 35.5. The van der Waals surface area contributed by atoms with Crippen LogP contribution in [0.1, 0.15) is 29.7 Å². The Balaban J connectivity index is 2.68. The van der Waals surface area contributed by atoms with Gasteiger partial charge < -0.3 is 9.84 Å². The van der Waals surface area contributed by atoms with E-state index in [1.165, 1.54) is 6.07 Å². The molecule has 0 radical (unpaired) electrons. The fourth-order valence-electron chi connectivity index (χ4n) is 2.58. The highest BCUT2D eigenvalue weighted by molar-refractivity contribution is 6.35. The van der Waals surface area contributed by atoms with Crippen LogP contribution < -0.4 is 5.56 Å². The van der Waals surface area contributed by atoms with E-state index in [2.05, 4.69) is 10.2 Å². The topological polar surface area (TPSA) is 98.7 Å². The first-order chi connectivity index (χ1) is 11.4. The highest BCUT2D eigenvalue weighted by Gasteiger charge is 2.36. The summed E-state index contributed by atoms with van der Waals surface area (Å²) in [5.74, 6) is -2.82. The van der Waals surface area contributed by atoms with Crippen molar-refractivity contribution in [3.05, 3.63) is 55.4 Å². The van der Waals surface area contributed by atoms with Gasteiger partial charge in [0.1, 0.15) is 0 Å². The lowest BCUT2D eigenvalue weighted by atomic mass is 9.81. The average molecular weight is 368 g/mol. The molecule has 0 fully saturated rings. The summed E-state index contributed by atoms with van der Waals surface area (Å²) in [7, 11) is 0. The van der Waals surface area contributed by atoms with Crippen molar-refractivity contribution in [3.8, 4) is 6.07 Å². The number of nitrogens with one attached hydrogen (secondary N) is 2. The minimum atomic E-state index is -1.22. The van der Waals surface area contributed by atoms with Gasteiger partial charge in [-0.2, -0.15) is 5.26 Å². The van der Waals surface area contributed by atoms with Gasteiger partial charge in [-0.05, 0) is 31.5 Å². The molecule has 1 aromatic heterocycles. The van der Waals surface area contributed by atoms with Crippen LogP contribution in [0, 0.1) is 24.2 Å². The van der Waals surface area contributed by atoms with Gasteiger partial charge in [-0.15, -0.1) is 0 Å². The first-order valence-corrected chi connectivity index (χ1v) is 7.94. The summed E-state index contributed by atoms with van der Waals surface area (Å²) in [6, 6.07) is 6.63. The number of carbonyl (C=O) groups excluding carboxylic acids is 1. The molecule has 6 nitrogen and oxygen atoms in total. The summed E-state index contributed by atoms with van der Waals surface area (Å²) < 4.78 is 4.99. The van der Waals surface area contributed by atoms with Crippen LogP contribution in [0.5, 0.6) is 0 Å². The summed E-state index contributed by atoms with van der Waals surface area (Å²) in [6.07, 6.45) is 0. The molecule has 1 heterocycles. The smallest absolute Gasteiger partial charge is 0.324 e. The molecule has 2 N–H and O–H groups in total. The van der Waals surface area contributed by atoms with E-state index >= 15 is 0 Å². The molecular weight excluding hydrogens is 353 g/mol. The number of aryl methyl sites for hydroxylation is 1. The van der Waals surface area contributed by atoms with Gasteiger partial charge in [-0.3, -0.25) is 14.7 Å². The predicted molar refractivity (Wildman–Crippen MR) is 90.2 cm³/mol. The monoisotopic (exact) mass is 367 g/mol. The van der Waals surface area contributed by atoms with Crippen molar-refractivity contribution >= 4 is 29.2 Å². The second-order valence-electron chi connectivity index (χ2n) is 5.12. The molecule has 2 aromatic rings. The number of aromatic amines is 2. The van der Waals surface area contributed by atoms with Crippen molar-refractivity contribution in [2.24, 2.45) is 5.92 Å². The van der Waals surface area contributed by atoms with Crippen molar-refractivity contribution in [2.75, 3.05) is 6.61 Å². The van der Waals surface area contributed by atoms with E-state index in [1.54, 1.807) is 26.0 Å². The number of rotatable bonds is 5. The lowest BCUT2D eigenvalue weighted by Crippen LogP contribution is -2.28. The molecule has 24 heavy (non-hydrogen) atoms. The molecule has 1 aromatic carbocycles. The summed E-state index contributed by atoms with van der Waals surface area (Å²) in [5, 5.41) is 15.4. The minimum Gasteiger partial charge on any atom is -0.465 e. The van der Waals surface area contributed by atoms with E-state index in [-0.39, 0.29) is 17.2 Å². The summed E-state index contributed by atoms with van der Waals surface area (Å²) in [4.78, 5) is 24.5. The Bertz CT molecular complexity index is 851. The fraction of sp³-hybridized carbons (Fsp3) is 0.312. The van der Waals surface area contributed by atoms with Crippen molar-refractivity contribution in [1.29, 1.82) is 5.26 Å². The van der Waals surface area contributed by atoms with Crippen molar-refractivity contribution in [2.45, 2.75) is 19.8 Å². The fourth-order valence-corrected chi connectivity index (χ4v) is 3.11. The Morgan fingerprint density at radius 2 is 2.08 bits per heavy atom. The van der Waals surface area contributed by atoms with Gasteiger partial charge >= 0.3 is 5.97 Å². The standard InChI is InChI=1S/C16H15Cl2N3O3/c1-3-24-16(23)11(7-19)14(13-8(2)20-21-15(13)22)10-5-4-9(17)6-12(10)18/h4-6,11,14H,3H2,1-2H3,(H2,20,21,22). The lowest BCUT2D eigenvalue weighted by molar-refractivity contribution is -0.146. The Hall–Kier alpha value is -2.23. The molecule has 0 saturated heterocycles. The molecule has 126 valence electrons. The molecule has 0 amide bonds. The number of esters is 1. The molecular formula is C16H15Cl2N3O3. The van der Waals surface area contributed by atoms with E-state index in [4.69, 9.17) is 27.9 Å². The van der Waals surface area contributed by atoms with Crippen LogP contribution in [0.25, 0.3) is 0 Å². The number of carbonyl (C=O) groups is 1. The molecule has 0 saturated carbocycles. The number of benzene rings is 1. The number of aromatic nitrogens is 2. The molecule has 0 spiro atoms. The molecule has 0 aliphatic heterocycles. The summed E-state index contributed by atoms with van der Waals surface area (Å²) in [6.45, 7) is 3.44. The molecule has 2 rings (SSSR count). The minimum absolute atomic E-state index is 0.126. The van der Waals surface area contributed by atoms with E-state index in [0.29, 0.717) is 16.3 Å². The third-order valence-electron chi connectivity index (χ3n) is 3.63. The zero-order chi connectivity index (χ0) is 17.9. The highest BCUT2D eigenvalue weighted by Crippen LogP contribution is 2.37. The van der Waals surface area contributed by atoms with Gasteiger partial charge in [-0.1, -0.05) is 29.3 Å². The zero-order valence-corrected chi connectivity index (χ0v) is 14.5. The van der Waals surface area contributed by atoms with Crippen LogP contribution >= 0.6 is 23.2 Å². The summed E-state index contributed by atoms with van der Waals surface area (Å²) >= 11 is 12.2. The van der Waals surface area contributed by atoms with Crippen LogP contribution in [0.4, 0.5) is 0 Å². The molecule has 8 heteroatoms. The van der Waals surface area contributed by atoms with Gasteiger partial charge in [0, 0.05) is 27.2 Å². The van der Waals surface area contributed by atoms with Gasteiger partial charge in [-0.25, -0.2) is 0 Å². The number of H-pyrrole nitrogens is 2. The predicted octanol–water partition coefficient (Wildman–Crippen LogP) is 3.15. The second kappa shape index (κ2) is 7.56. The van der Waals surface area contributed by atoms with Crippen LogP contribution in [0.2, 0.25) is 10.0 Å². The van der Waals surface area contributed by atoms with E-state index in [1.807, 2.05) is 6.07 Å². The number of hydrogen-bond donors (Lipinski definition) is 2. The lowest BCUT2D eigenvalue weighted by Gasteiger charge is -2.21. The van der Waals surface area contributed by atoms with Gasteiger partial charge in [0.25, 0.3) is 5.56 Å². The number of hydrogen-bond acceptors (Lipinski definition) is 4. The maximum absolute atomic E-state index is 12.2. The number of halogens is 2. The van der Waals surface area contributed by atoms with Gasteiger partial charge in [0.2, 0.25) is 0 Å². The number of nitriles is 1. The molecule has 0 aliphatic carbocycles. The zero-order valence-electron chi connectivity index (χ0n) is 13.0. The van der Waals surface area contributed by atoms with Crippen LogP contribution in [0.15, 0.2) is 23.0 Å². The third kappa shape index (κ3) is 3.48. The molecule has 2 atom stereocenters. The van der Waals surface area contributed by atoms with Gasteiger partial charge in [0.05, 0.1) is 12.7 Å². The Labute approximate surface area is 148 Å². The summed E-state index contributed by atoms with van der Waals surface area (Å²) in [5.41, 5.74) is 0.807. The van der Waals surface area contributed by atoms with Crippen molar-refractivity contribution < 1.29 is 9.53 Å². The van der Waals surface area contributed by atoms with E-state index < -0.39 is 23.4 Å². The number of ether oxygens (including phenoxy) is 1. The molecule has 0 bridgehead atoms. The SMILES string of the molecule is CCOC(=O)C(C#N)C(c1ccc(Cl)cc1Cl)c1c(C)[nH][nH]c1=O. The van der Waals surface area contributed by atoms with Gasteiger partial charge in [0.15, 0.2) is 5.92 Å². The Morgan fingerprint density at radius 1 is 1.38 bits per heavy atom. The first-order valence-electron chi connectivity index (χ1n) is 7.19. The largest absolute Gasteiger partial charge is 0.465 e. The van der Waals surface area contributed by atoms with Crippen LogP contribution in [-0.4, -0.2) is 22.8 Å². The molecule has 2 unspecified atom stereocenters. The van der Waals surface area contributed by atoms with Crippen LogP contribution in [-0.2, 0) is 9.53 Å². The van der Waals surface area contributed by atoms with Crippen LogP contribution in [0.3, 0.4) is 0 Å². The Morgan fingerprint density at radius 3 is 2.58 bits per heavy atom. The van der Waals surface area contributed by atoms with E-state index in [0.717, 1.165) is 0 Å². The van der Waals surface area contributed by atoms with Crippen molar-refractivity contribution in [1.82, 2.24) is 10.2 Å². The first kappa shape index (κ1) is 18.1. The average Bonchev–Trinajstić information content (AvgIpc) is 2.85. The Kier molecular flexibility index (Phi) is 5.71.